The molecule has 17 heavy (non-hydrogen) atoms. The van der Waals surface area contributed by atoms with Gasteiger partial charge in [-0.15, -0.1) is 0 Å². The van der Waals surface area contributed by atoms with Gasteiger partial charge in [0.1, 0.15) is 16.6 Å². The second-order valence-electron chi connectivity index (χ2n) is 4.08. The highest BCUT2D eigenvalue weighted by atomic mass is 32.1. The molecule has 1 aromatic rings. The van der Waals surface area contributed by atoms with E-state index in [1.165, 1.54) is 25.0 Å². The van der Waals surface area contributed by atoms with Crippen LogP contribution in [0.25, 0.3) is 0 Å². The van der Waals surface area contributed by atoms with E-state index in [9.17, 15) is 4.39 Å². The molecule has 0 amide bonds. The smallest absolute Gasteiger partial charge is 0.189 e. The quantitative estimate of drug-likeness (QED) is 0.481. The van der Waals surface area contributed by atoms with Crippen molar-refractivity contribution in [2.45, 2.75) is 12.8 Å². The van der Waals surface area contributed by atoms with E-state index in [1.54, 1.807) is 6.07 Å². The molecule has 0 aliphatic heterocycles. The number of nitrogens with two attached hydrogens (primary N) is 1. The average Bonchev–Trinajstić information content (AvgIpc) is 3.08. The summed E-state index contributed by atoms with van der Waals surface area (Å²) >= 11 is 4.71. The third-order valence-corrected chi connectivity index (χ3v) is 2.79. The van der Waals surface area contributed by atoms with Gasteiger partial charge < -0.3 is 15.2 Å². The van der Waals surface area contributed by atoms with Crippen LogP contribution >= 0.6 is 12.2 Å². The van der Waals surface area contributed by atoms with Gasteiger partial charge >= 0.3 is 0 Å². The molecule has 0 aromatic heterocycles. The Labute approximate surface area is 105 Å². The van der Waals surface area contributed by atoms with Gasteiger partial charge in [0.25, 0.3) is 0 Å². The van der Waals surface area contributed by atoms with Gasteiger partial charge in [-0.05, 0) is 30.9 Å². The Hall–Kier alpha value is -1.20. The Morgan fingerprint density at radius 2 is 2.24 bits per heavy atom. The Balaban J connectivity index is 1.83. The van der Waals surface area contributed by atoms with Gasteiger partial charge in [-0.3, -0.25) is 0 Å². The molecular formula is C12H14FNO2S. The van der Waals surface area contributed by atoms with Crippen molar-refractivity contribution in [3.05, 3.63) is 29.6 Å². The van der Waals surface area contributed by atoms with Crippen LogP contribution in [0.15, 0.2) is 18.2 Å². The van der Waals surface area contributed by atoms with Crippen molar-refractivity contribution in [1.29, 1.82) is 0 Å². The van der Waals surface area contributed by atoms with Crippen molar-refractivity contribution in [2.24, 2.45) is 11.7 Å². The number of thiocarbonyl (C=S) groups is 1. The molecular weight excluding hydrogens is 241 g/mol. The molecule has 3 nitrogen and oxygen atoms in total. The van der Waals surface area contributed by atoms with Crippen LogP contribution in [-0.2, 0) is 4.74 Å². The summed E-state index contributed by atoms with van der Waals surface area (Å²) in [5.41, 5.74) is 5.58. The highest BCUT2D eigenvalue weighted by molar-refractivity contribution is 7.80. The monoisotopic (exact) mass is 255 g/mol. The molecule has 0 radical (unpaired) electrons. The predicted octanol–water partition coefficient (Wildman–Crippen LogP) is 2.22. The van der Waals surface area contributed by atoms with Crippen molar-refractivity contribution in [3.63, 3.8) is 0 Å². The van der Waals surface area contributed by atoms with E-state index in [1.807, 2.05) is 0 Å². The number of hydrogen-bond donors (Lipinski definition) is 1. The van der Waals surface area contributed by atoms with Crippen LogP contribution in [0.2, 0.25) is 0 Å². The summed E-state index contributed by atoms with van der Waals surface area (Å²) < 4.78 is 24.0. The largest absolute Gasteiger partial charge is 0.467 e. The zero-order valence-electron chi connectivity index (χ0n) is 9.32. The fourth-order valence-corrected chi connectivity index (χ4v) is 1.56. The zero-order chi connectivity index (χ0) is 12.3. The number of benzene rings is 1. The first kappa shape index (κ1) is 12.3. The second kappa shape index (κ2) is 5.42. The molecule has 2 N–H and O–H groups in total. The van der Waals surface area contributed by atoms with Gasteiger partial charge in [0.2, 0.25) is 0 Å². The standard InChI is InChI=1S/C12H14FNO2S/c13-11-5-9(3-4-10(11)12(14)17)16-7-15-6-8-1-2-8/h3-5,8H,1-2,6-7H2,(H2,14,17). The molecule has 1 aliphatic carbocycles. The van der Waals surface area contributed by atoms with Gasteiger partial charge in [-0.2, -0.15) is 0 Å². The van der Waals surface area contributed by atoms with Crippen molar-refractivity contribution in [2.75, 3.05) is 13.4 Å². The first-order valence-corrected chi connectivity index (χ1v) is 5.87. The van der Waals surface area contributed by atoms with E-state index in [2.05, 4.69) is 0 Å². The minimum atomic E-state index is -0.475. The molecule has 2 rings (SSSR count). The molecule has 0 unspecified atom stereocenters. The summed E-state index contributed by atoms with van der Waals surface area (Å²) in [6.45, 7) is 0.857. The van der Waals surface area contributed by atoms with Gasteiger partial charge in [0.05, 0.1) is 6.61 Å². The lowest BCUT2D eigenvalue weighted by atomic mass is 10.2. The summed E-state index contributed by atoms with van der Waals surface area (Å²) in [7, 11) is 0. The molecule has 0 heterocycles. The highest BCUT2D eigenvalue weighted by Crippen LogP contribution is 2.28. The van der Waals surface area contributed by atoms with Crippen molar-refractivity contribution in [3.8, 4) is 5.75 Å². The van der Waals surface area contributed by atoms with Crippen molar-refractivity contribution >= 4 is 17.2 Å². The Morgan fingerprint density at radius 3 is 2.82 bits per heavy atom. The Morgan fingerprint density at radius 1 is 1.47 bits per heavy atom. The first-order chi connectivity index (χ1) is 8.16. The Bertz CT molecular complexity index is 421. The fourth-order valence-electron chi connectivity index (χ4n) is 1.39. The summed E-state index contributed by atoms with van der Waals surface area (Å²) in [6, 6.07) is 4.39. The molecule has 0 saturated heterocycles. The predicted molar refractivity (Wildman–Crippen MR) is 66.5 cm³/mol. The van der Waals surface area contributed by atoms with E-state index >= 15 is 0 Å². The number of halogens is 1. The summed E-state index contributed by atoms with van der Waals surface area (Å²) in [6.07, 6.45) is 2.47. The lowest BCUT2D eigenvalue weighted by molar-refractivity contribution is 0.00983. The van der Waals surface area contributed by atoms with Crippen LogP contribution in [0.4, 0.5) is 4.39 Å². The molecule has 5 heteroatoms. The number of rotatable bonds is 6. The molecule has 0 atom stereocenters. The highest BCUT2D eigenvalue weighted by Gasteiger charge is 2.21. The minimum Gasteiger partial charge on any atom is -0.467 e. The third-order valence-electron chi connectivity index (χ3n) is 2.57. The third kappa shape index (κ3) is 3.64. The zero-order valence-corrected chi connectivity index (χ0v) is 10.1. The molecule has 92 valence electrons. The second-order valence-corrected chi connectivity index (χ2v) is 4.52. The SMILES string of the molecule is NC(=S)c1ccc(OCOCC2CC2)cc1F. The van der Waals surface area contributed by atoms with Gasteiger partial charge in [-0.25, -0.2) is 4.39 Å². The maximum atomic E-state index is 13.5. The van der Waals surface area contributed by atoms with E-state index in [0.717, 1.165) is 0 Å². The van der Waals surface area contributed by atoms with Crippen LogP contribution in [0.3, 0.4) is 0 Å². The normalized spacial score (nSPS) is 14.6. The van der Waals surface area contributed by atoms with Crippen LogP contribution in [0.5, 0.6) is 5.75 Å². The van der Waals surface area contributed by atoms with Crippen LogP contribution in [0, 0.1) is 11.7 Å². The van der Waals surface area contributed by atoms with Gasteiger partial charge in [0, 0.05) is 11.6 Å². The number of ether oxygens (including phenoxy) is 2. The molecule has 0 bridgehead atoms. The first-order valence-electron chi connectivity index (χ1n) is 5.46. The van der Waals surface area contributed by atoms with Crippen LogP contribution < -0.4 is 10.5 Å². The molecule has 1 aliphatic rings. The molecule has 1 fully saturated rings. The van der Waals surface area contributed by atoms with E-state index in [4.69, 9.17) is 27.4 Å². The topological polar surface area (TPSA) is 44.5 Å². The summed E-state index contributed by atoms with van der Waals surface area (Å²) in [4.78, 5) is 0.0408. The molecule has 1 saturated carbocycles. The lowest BCUT2D eigenvalue weighted by Gasteiger charge is -2.08. The van der Waals surface area contributed by atoms with Crippen molar-refractivity contribution < 1.29 is 13.9 Å². The summed E-state index contributed by atoms with van der Waals surface area (Å²) in [5.74, 6) is 0.628. The molecule has 1 aromatic carbocycles. The van der Waals surface area contributed by atoms with Gasteiger partial charge in [-0.1, -0.05) is 12.2 Å². The average molecular weight is 255 g/mol. The lowest BCUT2D eigenvalue weighted by Crippen LogP contribution is -2.12. The maximum absolute atomic E-state index is 13.5. The van der Waals surface area contributed by atoms with Crippen LogP contribution in [0.1, 0.15) is 18.4 Å². The van der Waals surface area contributed by atoms with Crippen molar-refractivity contribution in [1.82, 2.24) is 0 Å². The minimum absolute atomic E-state index is 0.0408. The fraction of sp³-hybridized carbons (Fsp3) is 0.417. The molecule has 0 spiro atoms. The Kier molecular flexibility index (Phi) is 3.91. The van der Waals surface area contributed by atoms with E-state index < -0.39 is 5.82 Å². The van der Waals surface area contributed by atoms with Gasteiger partial charge in [0.15, 0.2) is 6.79 Å². The number of hydrogen-bond acceptors (Lipinski definition) is 3. The van der Waals surface area contributed by atoms with Crippen LogP contribution in [-0.4, -0.2) is 18.4 Å². The summed E-state index contributed by atoms with van der Waals surface area (Å²) in [5, 5.41) is 0. The van der Waals surface area contributed by atoms with E-state index in [-0.39, 0.29) is 17.3 Å². The van der Waals surface area contributed by atoms with E-state index in [0.29, 0.717) is 18.3 Å². The maximum Gasteiger partial charge on any atom is 0.189 e.